The fourth-order valence-electron chi connectivity index (χ4n) is 2.69. The van der Waals surface area contributed by atoms with Crippen LogP contribution in [0, 0.1) is 6.92 Å². The second-order valence-corrected chi connectivity index (χ2v) is 7.06. The molecule has 0 amide bonds. The van der Waals surface area contributed by atoms with E-state index in [2.05, 4.69) is 16.4 Å². The zero-order valence-electron chi connectivity index (χ0n) is 12.8. The smallest absolute Gasteiger partial charge is 0.128 e. The minimum Gasteiger partial charge on any atom is -0.378 e. The molecule has 1 aliphatic heterocycles. The van der Waals surface area contributed by atoms with Crippen molar-refractivity contribution in [1.29, 1.82) is 0 Å². The molecule has 1 fully saturated rings. The first-order chi connectivity index (χ1) is 10.7. The molecule has 2 aromatic carbocycles. The largest absolute Gasteiger partial charge is 0.378 e. The maximum absolute atomic E-state index is 12.9. The first kappa shape index (κ1) is 15.4. The minimum absolute atomic E-state index is 0.151. The first-order valence-electron chi connectivity index (χ1n) is 7.61. The molecule has 0 aliphatic carbocycles. The van der Waals surface area contributed by atoms with E-state index in [0.29, 0.717) is 19.8 Å². The Balaban J connectivity index is 1.77. The maximum Gasteiger partial charge on any atom is 0.128 e. The van der Waals surface area contributed by atoms with Gasteiger partial charge in [0.2, 0.25) is 0 Å². The summed E-state index contributed by atoms with van der Waals surface area (Å²) in [6, 6.07) is 18.4. The van der Waals surface area contributed by atoms with Crippen LogP contribution in [0.4, 0.5) is 0 Å². The summed E-state index contributed by atoms with van der Waals surface area (Å²) in [5.41, 5.74) is 2.44. The second kappa shape index (κ2) is 7.18. The van der Waals surface area contributed by atoms with Crippen molar-refractivity contribution in [3.63, 3.8) is 0 Å². The Kier molecular flexibility index (Phi) is 5.03. The highest BCUT2D eigenvalue weighted by Gasteiger charge is 2.28. The molecule has 0 aromatic heterocycles. The minimum atomic E-state index is -1.13. The number of benzene rings is 2. The van der Waals surface area contributed by atoms with Gasteiger partial charge in [-0.3, -0.25) is 0 Å². The van der Waals surface area contributed by atoms with E-state index < -0.39 is 11.0 Å². The SMILES string of the molecule is Cc1ccc(S(=O)N2CCOC[C@@H]2Cc2ccccc2)cc1. The van der Waals surface area contributed by atoms with E-state index in [1.54, 1.807) is 0 Å². The van der Waals surface area contributed by atoms with Gasteiger partial charge in [-0.25, -0.2) is 8.51 Å². The van der Waals surface area contributed by atoms with Crippen LogP contribution in [0.25, 0.3) is 0 Å². The van der Waals surface area contributed by atoms with Crippen molar-refractivity contribution >= 4 is 11.0 Å². The third kappa shape index (κ3) is 3.64. The molecule has 4 heteroatoms. The number of rotatable bonds is 4. The van der Waals surface area contributed by atoms with Crippen molar-refractivity contribution in [2.45, 2.75) is 24.3 Å². The highest BCUT2D eigenvalue weighted by atomic mass is 32.2. The number of aryl methyl sites for hydroxylation is 1. The summed E-state index contributed by atoms with van der Waals surface area (Å²) in [7, 11) is -1.13. The summed E-state index contributed by atoms with van der Waals surface area (Å²) < 4.78 is 20.6. The van der Waals surface area contributed by atoms with E-state index in [1.165, 1.54) is 11.1 Å². The van der Waals surface area contributed by atoms with Crippen LogP contribution in [-0.4, -0.2) is 34.3 Å². The fourth-order valence-corrected chi connectivity index (χ4v) is 3.98. The summed E-state index contributed by atoms with van der Waals surface area (Å²) >= 11 is 0. The van der Waals surface area contributed by atoms with E-state index in [1.807, 2.05) is 49.4 Å². The molecule has 1 unspecified atom stereocenters. The third-order valence-corrected chi connectivity index (χ3v) is 5.51. The van der Waals surface area contributed by atoms with Crippen LogP contribution in [0.15, 0.2) is 59.5 Å². The van der Waals surface area contributed by atoms with Crippen LogP contribution in [-0.2, 0) is 22.1 Å². The van der Waals surface area contributed by atoms with Gasteiger partial charge in [0.1, 0.15) is 11.0 Å². The van der Waals surface area contributed by atoms with Gasteiger partial charge in [0.25, 0.3) is 0 Å². The molecule has 0 spiro atoms. The molecule has 0 N–H and O–H groups in total. The van der Waals surface area contributed by atoms with E-state index >= 15 is 0 Å². The van der Waals surface area contributed by atoms with Gasteiger partial charge in [0.05, 0.1) is 24.2 Å². The Morgan fingerprint density at radius 1 is 1.14 bits per heavy atom. The van der Waals surface area contributed by atoms with E-state index in [4.69, 9.17) is 4.74 Å². The summed E-state index contributed by atoms with van der Waals surface area (Å²) in [6.45, 7) is 4.02. The van der Waals surface area contributed by atoms with E-state index in [9.17, 15) is 4.21 Å². The quantitative estimate of drug-likeness (QED) is 0.868. The lowest BCUT2D eigenvalue weighted by atomic mass is 10.1. The molecule has 3 nitrogen and oxygen atoms in total. The van der Waals surface area contributed by atoms with E-state index in [0.717, 1.165) is 11.3 Å². The average molecular weight is 315 g/mol. The number of hydrogen-bond donors (Lipinski definition) is 0. The number of morpholine rings is 1. The maximum atomic E-state index is 12.9. The summed E-state index contributed by atoms with van der Waals surface area (Å²) in [5, 5.41) is 0. The lowest BCUT2D eigenvalue weighted by Crippen LogP contribution is -2.47. The summed E-state index contributed by atoms with van der Waals surface area (Å²) in [6.07, 6.45) is 0.860. The van der Waals surface area contributed by atoms with Crippen molar-refractivity contribution in [3.8, 4) is 0 Å². The molecule has 1 heterocycles. The molecule has 1 aliphatic rings. The van der Waals surface area contributed by atoms with Crippen molar-refractivity contribution in [2.24, 2.45) is 0 Å². The molecule has 22 heavy (non-hydrogen) atoms. The molecule has 2 aromatic rings. The van der Waals surface area contributed by atoms with Gasteiger partial charge >= 0.3 is 0 Å². The molecule has 116 valence electrons. The van der Waals surface area contributed by atoms with Gasteiger partial charge in [0, 0.05) is 6.54 Å². The predicted octanol–water partition coefficient (Wildman–Crippen LogP) is 2.96. The fraction of sp³-hybridized carbons (Fsp3) is 0.333. The molecule has 1 saturated heterocycles. The molecule has 0 radical (unpaired) electrons. The lowest BCUT2D eigenvalue weighted by Gasteiger charge is -2.34. The molecular formula is C18H21NO2S. The Morgan fingerprint density at radius 2 is 1.86 bits per heavy atom. The Hall–Kier alpha value is -1.49. The van der Waals surface area contributed by atoms with Crippen LogP contribution in [0.5, 0.6) is 0 Å². The number of ether oxygens (including phenoxy) is 1. The highest BCUT2D eigenvalue weighted by Crippen LogP contribution is 2.20. The van der Waals surface area contributed by atoms with E-state index in [-0.39, 0.29) is 6.04 Å². The third-order valence-electron chi connectivity index (χ3n) is 3.92. The van der Waals surface area contributed by atoms with Gasteiger partial charge in [-0.05, 0) is 31.0 Å². The predicted molar refractivity (Wildman–Crippen MR) is 89.0 cm³/mol. The van der Waals surface area contributed by atoms with Crippen LogP contribution in [0.2, 0.25) is 0 Å². The Bertz CT molecular complexity index is 627. The molecule has 0 saturated carbocycles. The molecule has 0 bridgehead atoms. The Labute approximate surface area is 134 Å². The van der Waals surface area contributed by atoms with Crippen LogP contribution < -0.4 is 0 Å². The van der Waals surface area contributed by atoms with Crippen LogP contribution in [0.3, 0.4) is 0 Å². The standard InChI is InChI=1S/C18H21NO2S/c1-15-7-9-18(10-8-15)22(20)19-11-12-21-14-17(19)13-16-5-3-2-4-6-16/h2-10,17H,11-14H2,1H3/t17-,22?/m0/s1. The van der Waals surface area contributed by atoms with Crippen molar-refractivity contribution in [3.05, 3.63) is 65.7 Å². The average Bonchev–Trinajstić information content (AvgIpc) is 2.56. The van der Waals surface area contributed by atoms with Crippen molar-refractivity contribution < 1.29 is 8.95 Å². The molecule has 2 atom stereocenters. The summed E-state index contributed by atoms with van der Waals surface area (Å²) in [4.78, 5) is 0.866. The topological polar surface area (TPSA) is 29.5 Å². The number of nitrogens with zero attached hydrogens (tertiary/aromatic N) is 1. The first-order valence-corrected chi connectivity index (χ1v) is 8.71. The summed E-state index contributed by atoms with van der Waals surface area (Å²) in [5.74, 6) is 0. The zero-order chi connectivity index (χ0) is 15.4. The molecule has 3 rings (SSSR count). The normalized spacial score (nSPS) is 20.7. The van der Waals surface area contributed by atoms with Crippen molar-refractivity contribution in [2.75, 3.05) is 19.8 Å². The molecular weight excluding hydrogens is 294 g/mol. The Morgan fingerprint density at radius 3 is 2.59 bits per heavy atom. The van der Waals surface area contributed by atoms with Gasteiger partial charge in [-0.1, -0.05) is 48.0 Å². The van der Waals surface area contributed by atoms with Crippen LogP contribution >= 0.6 is 0 Å². The van der Waals surface area contributed by atoms with Crippen LogP contribution in [0.1, 0.15) is 11.1 Å². The highest BCUT2D eigenvalue weighted by molar-refractivity contribution is 7.82. The van der Waals surface area contributed by atoms with Gasteiger partial charge in [-0.2, -0.15) is 0 Å². The van der Waals surface area contributed by atoms with Gasteiger partial charge in [0.15, 0.2) is 0 Å². The van der Waals surface area contributed by atoms with Gasteiger partial charge in [-0.15, -0.1) is 0 Å². The zero-order valence-corrected chi connectivity index (χ0v) is 13.6. The lowest BCUT2D eigenvalue weighted by molar-refractivity contribution is 0.0352. The second-order valence-electron chi connectivity index (χ2n) is 5.62. The monoisotopic (exact) mass is 315 g/mol. The van der Waals surface area contributed by atoms with Crippen molar-refractivity contribution in [1.82, 2.24) is 4.31 Å². The van der Waals surface area contributed by atoms with Gasteiger partial charge < -0.3 is 4.74 Å². The number of hydrogen-bond acceptors (Lipinski definition) is 2.